The third kappa shape index (κ3) is 30.5. The fraction of sp³-hybridized carbons (Fsp3) is 0.227. The molecule has 2 saturated heterocycles. The first-order valence-electron chi connectivity index (χ1n) is 36.8. The van der Waals surface area contributed by atoms with Gasteiger partial charge in [0.15, 0.2) is 0 Å². The van der Waals surface area contributed by atoms with Crippen LogP contribution in [0.3, 0.4) is 0 Å². The number of aliphatic hydroxyl groups excluding tert-OH is 2. The van der Waals surface area contributed by atoms with Crippen LogP contribution in [-0.4, -0.2) is 118 Å². The molecule has 33 heteroatoms. The van der Waals surface area contributed by atoms with Gasteiger partial charge in [0, 0.05) is 87.6 Å². The number of alkyl halides is 6. The van der Waals surface area contributed by atoms with Crippen LogP contribution in [0.15, 0.2) is 212 Å². The van der Waals surface area contributed by atoms with E-state index in [9.17, 15) is 91.8 Å². The van der Waals surface area contributed by atoms with E-state index in [-0.39, 0.29) is 72.9 Å². The number of carbonyl (C=O) groups is 8. The van der Waals surface area contributed by atoms with Crippen LogP contribution in [0, 0.1) is 70.8 Å². The van der Waals surface area contributed by atoms with Crippen LogP contribution < -0.4 is 32.3 Å². The number of aliphatic carboxylic acids is 1. The van der Waals surface area contributed by atoms with Gasteiger partial charge < -0.3 is 62.4 Å². The van der Waals surface area contributed by atoms with Crippen molar-refractivity contribution in [3.05, 3.63) is 321 Å². The van der Waals surface area contributed by atoms with Crippen LogP contribution in [0.1, 0.15) is 129 Å². The summed E-state index contributed by atoms with van der Waals surface area (Å²) < 4.78 is 156. The Morgan fingerprint density at radius 2 is 0.727 bits per heavy atom. The molecule has 121 heavy (non-hydrogen) atoms. The smallest absolute Gasteiger partial charge is 0.381 e. The monoisotopic (exact) mass is 1910 g/mol. The molecule has 20 nitrogen and oxygen atoms in total. The molecule has 5 amide bonds. The molecule has 0 unspecified atom stereocenters. The number of aromatic carboxylic acids is 1. The normalized spacial score (nSPS) is 12.5. The SMILES string of the molecule is CCOC(=O)C(F)(F)c1cccc(C(=O)Nc2ccc(F)c(C)c2)c1.Cc1cc(N)ccc1F.Cc1cc(NC(=O)c2cccc(C(F)(F)C(=O)N3CCC(O)CC3)c2)ccc1F.Cc1cc(NC(=O)c2cccc(C(F)(F)C(=O)O)c2)ccc1F.Cc1cc(NC(=O)c2cccc(I)c2)ccc1F.O=C(O)c1cccc(I)c1.OC1CCNCC1. The number of amides is 5. The Hall–Kier alpha value is -11.7. The maximum atomic E-state index is 14.8. The summed E-state index contributed by atoms with van der Waals surface area (Å²) in [5.41, 5.74) is 8.24. The van der Waals surface area contributed by atoms with Crippen molar-refractivity contribution in [1.82, 2.24) is 10.2 Å². The van der Waals surface area contributed by atoms with Gasteiger partial charge in [-0.1, -0.05) is 48.5 Å². The maximum absolute atomic E-state index is 14.8. The Morgan fingerprint density at radius 1 is 0.421 bits per heavy atom. The highest BCUT2D eigenvalue weighted by molar-refractivity contribution is 14.1. The van der Waals surface area contributed by atoms with Crippen LogP contribution >= 0.6 is 45.2 Å². The summed E-state index contributed by atoms with van der Waals surface area (Å²) in [5, 5.41) is 48.8. The van der Waals surface area contributed by atoms with E-state index >= 15 is 0 Å². The molecule has 2 aliphatic heterocycles. The molecule has 640 valence electrons. The lowest BCUT2D eigenvalue weighted by Gasteiger charge is -2.32. The highest BCUT2D eigenvalue weighted by Gasteiger charge is 2.46. The number of nitrogens with one attached hydrogen (secondary N) is 5. The maximum Gasteiger partial charge on any atom is 0.381 e. The van der Waals surface area contributed by atoms with E-state index in [1.165, 1.54) is 125 Å². The molecule has 11 N–H and O–H groups in total. The summed E-state index contributed by atoms with van der Waals surface area (Å²) in [6.45, 7) is 11.3. The minimum Gasteiger partial charge on any atom is -0.478 e. The molecule has 0 aliphatic carbocycles. The minimum absolute atomic E-state index is 0.0266. The topological polar surface area (TPSA) is 316 Å². The van der Waals surface area contributed by atoms with Crippen molar-refractivity contribution in [3.63, 3.8) is 0 Å². The van der Waals surface area contributed by atoms with Gasteiger partial charge in [0.2, 0.25) is 0 Å². The number of likely N-dealkylation sites (tertiary alicyclic amines) is 1. The highest BCUT2D eigenvalue weighted by Crippen LogP contribution is 2.35. The average molecular weight is 1910 g/mol. The lowest BCUT2D eigenvalue weighted by molar-refractivity contribution is -0.173. The largest absolute Gasteiger partial charge is 0.478 e. The van der Waals surface area contributed by atoms with Gasteiger partial charge in [0.25, 0.3) is 29.5 Å². The van der Waals surface area contributed by atoms with Crippen LogP contribution in [0.5, 0.6) is 0 Å². The highest BCUT2D eigenvalue weighted by atomic mass is 127. The van der Waals surface area contributed by atoms with Crippen molar-refractivity contribution in [2.75, 3.05) is 59.8 Å². The quantitative estimate of drug-likeness (QED) is 0.0186. The van der Waals surface area contributed by atoms with Crippen molar-refractivity contribution in [1.29, 1.82) is 0 Å². The Morgan fingerprint density at radius 3 is 1.02 bits per heavy atom. The molecule has 10 aromatic rings. The van der Waals surface area contributed by atoms with Crippen molar-refractivity contribution in [2.24, 2.45) is 0 Å². The molecule has 0 saturated carbocycles. The number of aliphatic hydroxyl groups is 2. The van der Waals surface area contributed by atoms with Crippen LogP contribution in [0.2, 0.25) is 0 Å². The molecule has 0 atom stereocenters. The predicted molar refractivity (Wildman–Crippen MR) is 452 cm³/mol. The molecular weight excluding hydrogens is 1830 g/mol. The average Bonchev–Trinajstić information content (AvgIpc) is 0.804. The number of carbonyl (C=O) groups excluding carboxylic acids is 6. The van der Waals surface area contributed by atoms with Gasteiger partial charge in [-0.25, -0.2) is 36.3 Å². The number of hydrogen-bond acceptors (Lipinski definition) is 13. The predicted octanol–water partition coefficient (Wildman–Crippen LogP) is 18.5. The number of rotatable bonds is 16. The Labute approximate surface area is 716 Å². The number of anilines is 5. The number of benzene rings is 10. The number of ether oxygens (including phenoxy) is 1. The van der Waals surface area contributed by atoms with Crippen LogP contribution in [-0.2, 0) is 36.9 Å². The molecule has 0 aromatic heterocycles. The van der Waals surface area contributed by atoms with E-state index < -0.39 is 99.6 Å². The van der Waals surface area contributed by atoms with E-state index in [1.54, 1.807) is 68.4 Å². The van der Waals surface area contributed by atoms with E-state index in [1.807, 2.05) is 18.2 Å². The summed E-state index contributed by atoms with van der Waals surface area (Å²) in [4.78, 5) is 94.3. The summed E-state index contributed by atoms with van der Waals surface area (Å²) in [6.07, 6.45) is 1.75. The van der Waals surface area contributed by atoms with Gasteiger partial charge in [0.1, 0.15) is 29.1 Å². The number of nitrogens with two attached hydrogens (primary N) is 1. The first-order valence-corrected chi connectivity index (χ1v) is 38.9. The molecule has 2 fully saturated rings. The molecular formula is C88H84F11I2N7O13. The Balaban J connectivity index is 0.000000228. The molecule has 2 aliphatic rings. The first kappa shape index (κ1) is 98.2. The first-order chi connectivity index (χ1) is 57.0. The number of aryl methyl sites for hydroxylation is 5. The van der Waals surface area contributed by atoms with Crippen molar-refractivity contribution >= 4 is 121 Å². The standard InChI is InChI=1S/C21H21F3N2O3.C18H16F3NO3.C16H12F3NO3.C14H11FINO.C7H8FN.C7H5IO2.C5H11NO/c1-13-11-16(5-6-18(13)22)25-19(28)14-3-2-4-15(12-14)21(23,24)20(29)26-9-7-17(27)8-10-26;1-3-25-17(24)18(20,21)13-6-4-5-12(10-13)16(23)22-14-7-8-15(19)11(2)9-14;1-9-7-12(5-6-13(9)17)20-14(21)10-3-2-4-11(8-10)16(18,19)15(22)23;1-9-7-12(5-6-13(9)15)17-14(18)10-3-2-4-11(16)8-10;1-5-4-6(9)2-3-7(5)8;8-6-3-1-2-5(4-6)7(9)10;7-5-1-3-6-4-2-5/h2-6,11-12,17,27H,7-10H2,1H3,(H,25,28);4-10H,3H2,1-2H3,(H,22,23);2-8H,1H3,(H,20,21)(H,22,23);2-8H,1H3,(H,17,18);2-4H,9H2,1H3;1-4H,(H,9,10);5-7H,1-4H2. The van der Waals surface area contributed by atoms with E-state index in [4.69, 9.17) is 21.1 Å². The van der Waals surface area contributed by atoms with Crippen LogP contribution in [0.25, 0.3) is 0 Å². The van der Waals surface area contributed by atoms with Gasteiger partial charge in [-0.2, -0.15) is 26.3 Å². The van der Waals surface area contributed by atoms with Gasteiger partial charge in [-0.05, 0) is 317 Å². The number of piperidine rings is 2. The number of nitrogen functional groups attached to an aromatic ring is 1. The number of nitrogens with zero attached hydrogens (tertiary/aromatic N) is 1. The fourth-order valence-corrected chi connectivity index (χ4v) is 11.9. The number of carboxylic acid groups (broad SMARTS) is 2. The number of hydrogen-bond donors (Lipinski definition) is 10. The zero-order valence-corrected chi connectivity index (χ0v) is 69.9. The second-order valence-corrected chi connectivity index (χ2v) is 29.5. The van der Waals surface area contributed by atoms with Gasteiger partial charge >= 0.3 is 35.7 Å². The zero-order valence-electron chi connectivity index (χ0n) is 65.6. The molecule has 0 spiro atoms. The molecule has 2 heterocycles. The zero-order chi connectivity index (χ0) is 89.6. The molecule has 0 bridgehead atoms. The van der Waals surface area contributed by atoms with Gasteiger partial charge in [-0.3, -0.25) is 24.0 Å². The van der Waals surface area contributed by atoms with E-state index in [2.05, 4.69) is 76.5 Å². The van der Waals surface area contributed by atoms with Crippen molar-refractivity contribution in [3.8, 4) is 0 Å². The summed E-state index contributed by atoms with van der Waals surface area (Å²) >= 11 is 4.23. The summed E-state index contributed by atoms with van der Waals surface area (Å²) in [7, 11) is 0. The lowest BCUT2D eigenvalue weighted by atomic mass is 10.0. The Bertz CT molecular complexity index is 5310. The number of esters is 1. The van der Waals surface area contributed by atoms with Crippen molar-refractivity contribution < 1.29 is 112 Å². The molecule has 12 rings (SSSR count). The number of carboxylic acids is 2. The Kier molecular flexibility index (Phi) is 37.5. The fourth-order valence-electron chi connectivity index (χ4n) is 10.8. The summed E-state index contributed by atoms with van der Waals surface area (Å²) in [5.74, 6) is -21.9. The third-order valence-corrected chi connectivity index (χ3v) is 18.9. The molecule has 10 aromatic carbocycles. The van der Waals surface area contributed by atoms with Crippen molar-refractivity contribution in [2.45, 2.75) is 97.2 Å². The van der Waals surface area contributed by atoms with E-state index in [0.717, 1.165) is 80.4 Å². The summed E-state index contributed by atoms with van der Waals surface area (Å²) in [6, 6.07) is 48.3. The van der Waals surface area contributed by atoms with Crippen LogP contribution in [0.4, 0.5) is 76.7 Å². The van der Waals surface area contributed by atoms with Gasteiger partial charge in [0.05, 0.1) is 24.4 Å². The molecule has 0 radical (unpaired) electrons. The van der Waals surface area contributed by atoms with Gasteiger partial charge in [-0.15, -0.1) is 0 Å². The third-order valence-electron chi connectivity index (χ3n) is 17.6. The lowest BCUT2D eigenvalue weighted by Crippen LogP contribution is -2.46. The van der Waals surface area contributed by atoms with E-state index in [0.29, 0.717) is 67.4 Å². The minimum atomic E-state index is -4.09. The second-order valence-electron chi connectivity index (χ2n) is 27.0. The number of halogens is 13. The second kappa shape index (κ2) is 46.2.